The topological polar surface area (TPSA) is 36.4 Å². The van der Waals surface area contributed by atoms with Crippen LogP contribution in [0.3, 0.4) is 0 Å². The molecule has 0 bridgehead atoms. The highest BCUT2D eigenvalue weighted by Gasteiger charge is 2.23. The normalized spacial score (nSPS) is 29.9. The Morgan fingerprint density at radius 1 is 1.43 bits per heavy atom. The molecule has 1 fully saturated rings. The van der Waals surface area contributed by atoms with Crippen molar-refractivity contribution < 1.29 is 0 Å². The van der Waals surface area contributed by atoms with Crippen molar-refractivity contribution >= 4 is 5.96 Å². The van der Waals surface area contributed by atoms with E-state index in [4.69, 9.17) is 0 Å². The lowest BCUT2D eigenvalue weighted by Crippen LogP contribution is -2.44. The molecule has 0 amide bonds. The molecule has 0 spiro atoms. The average molecular weight is 195 g/mol. The number of hydrogen-bond donors (Lipinski definition) is 2. The second kappa shape index (κ2) is 4.20. The lowest BCUT2D eigenvalue weighted by Gasteiger charge is -2.21. The van der Waals surface area contributed by atoms with Crippen molar-refractivity contribution in [2.24, 2.45) is 10.9 Å². The van der Waals surface area contributed by atoms with Gasteiger partial charge in [0.25, 0.3) is 0 Å². The maximum Gasteiger partial charge on any atom is 0.191 e. The summed E-state index contributed by atoms with van der Waals surface area (Å²) in [5.41, 5.74) is 0. The molecule has 2 N–H and O–H groups in total. The molecule has 14 heavy (non-hydrogen) atoms. The number of nitrogens with zero attached hydrogens (tertiary/aromatic N) is 1. The van der Waals surface area contributed by atoms with Crippen LogP contribution in [-0.2, 0) is 0 Å². The Balaban J connectivity index is 1.79. The van der Waals surface area contributed by atoms with Crippen LogP contribution in [0.2, 0.25) is 0 Å². The summed E-state index contributed by atoms with van der Waals surface area (Å²) in [5, 5.41) is 6.84. The quantitative estimate of drug-likeness (QED) is 0.700. The standard InChI is InChI=1S/C11H21N3/c1-8-7-12-11(13-8)14-9(2)10-5-3-4-6-10/h8-10H,3-7H2,1-2H3,(H2,12,13,14)/t8?,9-/m0/s1. The smallest absolute Gasteiger partial charge is 0.191 e. The van der Waals surface area contributed by atoms with Crippen LogP contribution < -0.4 is 10.6 Å². The predicted molar refractivity (Wildman–Crippen MR) is 59.5 cm³/mol. The van der Waals surface area contributed by atoms with Gasteiger partial charge in [-0.3, -0.25) is 4.99 Å². The van der Waals surface area contributed by atoms with Gasteiger partial charge >= 0.3 is 0 Å². The molecule has 1 saturated carbocycles. The van der Waals surface area contributed by atoms with Crippen LogP contribution in [0.5, 0.6) is 0 Å². The fourth-order valence-corrected chi connectivity index (χ4v) is 2.43. The van der Waals surface area contributed by atoms with E-state index in [1.165, 1.54) is 25.7 Å². The third-order valence-corrected chi connectivity index (χ3v) is 3.38. The molecule has 1 heterocycles. The maximum absolute atomic E-state index is 4.42. The Kier molecular flexibility index (Phi) is 2.94. The average Bonchev–Trinajstić information content (AvgIpc) is 2.75. The van der Waals surface area contributed by atoms with Gasteiger partial charge < -0.3 is 10.6 Å². The van der Waals surface area contributed by atoms with Gasteiger partial charge in [0.1, 0.15) is 0 Å². The zero-order chi connectivity index (χ0) is 9.97. The summed E-state index contributed by atoms with van der Waals surface area (Å²) in [6.45, 7) is 5.36. The van der Waals surface area contributed by atoms with Gasteiger partial charge in [0.2, 0.25) is 0 Å². The van der Waals surface area contributed by atoms with Crippen LogP contribution in [0.1, 0.15) is 39.5 Å². The van der Waals surface area contributed by atoms with Crippen LogP contribution in [0, 0.1) is 5.92 Å². The second-order valence-corrected chi connectivity index (χ2v) is 4.71. The largest absolute Gasteiger partial charge is 0.354 e. The van der Waals surface area contributed by atoms with Crippen LogP contribution in [0.15, 0.2) is 4.99 Å². The molecule has 1 aliphatic carbocycles. The van der Waals surface area contributed by atoms with Gasteiger partial charge in [-0.05, 0) is 32.6 Å². The Morgan fingerprint density at radius 2 is 2.14 bits per heavy atom. The van der Waals surface area contributed by atoms with E-state index >= 15 is 0 Å². The molecule has 2 atom stereocenters. The first-order valence-electron chi connectivity index (χ1n) is 5.83. The summed E-state index contributed by atoms with van der Waals surface area (Å²) in [6.07, 6.45) is 5.59. The highest BCUT2D eigenvalue weighted by Crippen LogP contribution is 2.27. The SMILES string of the molecule is CC1CN=C(N[C@@H](C)C2CCCC2)N1. The predicted octanol–water partition coefficient (Wildman–Crippen LogP) is 1.50. The van der Waals surface area contributed by atoms with Gasteiger partial charge in [0.15, 0.2) is 5.96 Å². The number of aliphatic imine (C=N–C) groups is 1. The Bertz CT molecular complexity index is 219. The van der Waals surface area contributed by atoms with Gasteiger partial charge in [-0.25, -0.2) is 0 Å². The van der Waals surface area contributed by atoms with Crippen LogP contribution in [0.25, 0.3) is 0 Å². The third-order valence-electron chi connectivity index (χ3n) is 3.38. The van der Waals surface area contributed by atoms with Crippen molar-refractivity contribution in [3.63, 3.8) is 0 Å². The maximum atomic E-state index is 4.42. The van der Waals surface area contributed by atoms with Crippen molar-refractivity contribution in [2.75, 3.05) is 6.54 Å². The zero-order valence-electron chi connectivity index (χ0n) is 9.21. The molecule has 0 saturated heterocycles. The highest BCUT2D eigenvalue weighted by atomic mass is 15.2. The Labute approximate surface area is 86.4 Å². The molecule has 0 aromatic heterocycles. The molecular formula is C11H21N3. The van der Waals surface area contributed by atoms with Gasteiger partial charge in [0.05, 0.1) is 6.54 Å². The lowest BCUT2D eigenvalue weighted by molar-refractivity contribution is 0.423. The minimum Gasteiger partial charge on any atom is -0.354 e. The van der Waals surface area contributed by atoms with Gasteiger partial charge in [-0.15, -0.1) is 0 Å². The van der Waals surface area contributed by atoms with Crippen molar-refractivity contribution in [1.82, 2.24) is 10.6 Å². The van der Waals surface area contributed by atoms with Gasteiger partial charge in [0, 0.05) is 12.1 Å². The first kappa shape index (κ1) is 9.81. The molecule has 1 unspecified atom stereocenters. The van der Waals surface area contributed by atoms with Gasteiger partial charge in [-0.2, -0.15) is 0 Å². The minimum absolute atomic E-state index is 0.508. The monoisotopic (exact) mass is 195 g/mol. The Morgan fingerprint density at radius 3 is 2.71 bits per heavy atom. The third kappa shape index (κ3) is 2.20. The van der Waals surface area contributed by atoms with Crippen LogP contribution in [-0.4, -0.2) is 24.6 Å². The summed E-state index contributed by atoms with van der Waals surface area (Å²) >= 11 is 0. The van der Waals surface area contributed by atoms with Crippen molar-refractivity contribution in [3.05, 3.63) is 0 Å². The van der Waals surface area contributed by atoms with E-state index in [-0.39, 0.29) is 0 Å². The van der Waals surface area contributed by atoms with Crippen LogP contribution in [0.4, 0.5) is 0 Å². The molecule has 3 heteroatoms. The summed E-state index contributed by atoms with van der Waals surface area (Å²) < 4.78 is 0. The number of rotatable bonds is 2. The first-order chi connectivity index (χ1) is 6.75. The van der Waals surface area contributed by atoms with E-state index in [1.807, 2.05) is 0 Å². The fraction of sp³-hybridized carbons (Fsp3) is 0.909. The summed E-state index contributed by atoms with van der Waals surface area (Å²) in [4.78, 5) is 4.42. The molecule has 80 valence electrons. The fourth-order valence-electron chi connectivity index (χ4n) is 2.43. The molecule has 0 aromatic carbocycles. The summed E-state index contributed by atoms with van der Waals surface area (Å²) in [5.74, 6) is 1.87. The number of hydrogen-bond acceptors (Lipinski definition) is 3. The molecule has 0 aromatic rings. The van der Waals surface area contributed by atoms with E-state index in [0.29, 0.717) is 12.1 Å². The first-order valence-corrected chi connectivity index (χ1v) is 5.83. The molecule has 0 radical (unpaired) electrons. The number of nitrogens with one attached hydrogen (secondary N) is 2. The van der Waals surface area contributed by atoms with E-state index in [1.54, 1.807) is 0 Å². The van der Waals surface area contributed by atoms with Crippen molar-refractivity contribution in [1.29, 1.82) is 0 Å². The van der Waals surface area contributed by atoms with Gasteiger partial charge in [-0.1, -0.05) is 12.8 Å². The van der Waals surface area contributed by atoms with Crippen molar-refractivity contribution in [2.45, 2.75) is 51.6 Å². The Hall–Kier alpha value is -0.730. The van der Waals surface area contributed by atoms with Crippen LogP contribution >= 0.6 is 0 Å². The summed E-state index contributed by atoms with van der Waals surface area (Å²) in [7, 11) is 0. The molecule has 1 aliphatic heterocycles. The summed E-state index contributed by atoms with van der Waals surface area (Å²) in [6, 6.07) is 1.09. The molecular weight excluding hydrogens is 174 g/mol. The second-order valence-electron chi connectivity index (χ2n) is 4.71. The van der Waals surface area contributed by atoms with E-state index in [2.05, 4.69) is 29.5 Å². The molecule has 2 aliphatic rings. The molecule has 3 nitrogen and oxygen atoms in total. The minimum atomic E-state index is 0.508. The van der Waals surface area contributed by atoms with E-state index in [0.717, 1.165) is 18.4 Å². The lowest BCUT2D eigenvalue weighted by atomic mass is 10.0. The highest BCUT2D eigenvalue weighted by molar-refractivity contribution is 5.81. The van der Waals surface area contributed by atoms with E-state index < -0.39 is 0 Å². The molecule has 2 rings (SSSR count). The van der Waals surface area contributed by atoms with Crippen molar-refractivity contribution in [3.8, 4) is 0 Å². The van der Waals surface area contributed by atoms with E-state index in [9.17, 15) is 0 Å². The zero-order valence-corrected chi connectivity index (χ0v) is 9.21. The number of guanidine groups is 1.